The Bertz CT molecular complexity index is 934. The third kappa shape index (κ3) is 3.11. The molecule has 0 radical (unpaired) electrons. The number of aliphatic hydroxyl groups excluding tert-OH is 4. The average molecular weight is 392 g/mol. The molecule has 1 aromatic carbocycles. The summed E-state index contributed by atoms with van der Waals surface area (Å²) >= 11 is 0. The molecule has 2 heterocycles. The van der Waals surface area contributed by atoms with Gasteiger partial charge in [0.1, 0.15) is 35.7 Å². The van der Waals surface area contributed by atoms with Crippen LogP contribution in [0.15, 0.2) is 21.3 Å². The Kier molecular flexibility index (Phi) is 5.15. The summed E-state index contributed by atoms with van der Waals surface area (Å²) in [5, 5.41) is 40.2. The van der Waals surface area contributed by atoms with Crippen molar-refractivity contribution in [3.05, 3.63) is 39.2 Å². The summed E-state index contributed by atoms with van der Waals surface area (Å²) in [6, 6.07) is 3.52. The first kappa shape index (κ1) is 19.4. The summed E-state index contributed by atoms with van der Waals surface area (Å²) in [6.07, 6.45) is -3.31. The zero-order valence-corrected chi connectivity index (χ0v) is 15.5. The van der Waals surface area contributed by atoms with Crippen molar-refractivity contribution in [1.82, 2.24) is 0 Å². The van der Waals surface area contributed by atoms with E-state index in [0.29, 0.717) is 16.9 Å². The highest BCUT2D eigenvalue weighted by Gasteiger charge is 2.44. The molecule has 0 spiro atoms. The largest absolute Gasteiger partial charge is 0.462 e. The van der Waals surface area contributed by atoms with Crippen LogP contribution in [0.1, 0.15) is 29.5 Å². The lowest BCUT2D eigenvalue weighted by molar-refractivity contribution is -0.277. The van der Waals surface area contributed by atoms with Gasteiger partial charge in [-0.1, -0.05) is 0 Å². The second kappa shape index (κ2) is 7.46. The maximum absolute atomic E-state index is 12.4. The van der Waals surface area contributed by atoms with Gasteiger partial charge in [-0.25, -0.2) is 4.79 Å². The molecular weight excluding hydrogens is 368 g/mol. The topological polar surface area (TPSA) is 130 Å². The Hall–Kier alpha value is -1.97. The van der Waals surface area contributed by atoms with Crippen LogP contribution in [0.5, 0.6) is 5.75 Å². The minimum absolute atomic E-state index is 0.315. The lowest BCUT2D eigenvalue weighted by Gasteiger charge is -2.39. The van der Waals surface area contributed by atoms with Crippen molar-refractivity contribution in [2.45, 2.75) is 63.3 Å². The van der Waals surface area contributed by atoms with Crippen molar-refractivity contribution < 1.29 is 34.3 Å². The Labute approximate surface area is 160 Å². The minimum Gasteiger partial charge on any atom is -0.462 e. The van der Waals surface area contributed by atoms with E-state index in [1.807, 2.05) is 6.07 Å². The van der Waals surface area contributed by atoms with E-state index in [-0.39, 0.29) is 5.63 Å². The third-order valence-corrected chi connectivity index (χ3v) is 5.68. The van der Waals surface area contributed by atoms with Crippen LogP contribution in [0.25, 0.3) is 11.0 Å². The van der Waals surface area contributed by atoms with Crippen molar-refractivity contribution in [2.75, 3.05) is 6.61 Å². The number of benzene rings is 1. The molecular formula is C20H24O8. The van der Waals surface area contributed by atoms with Crippen molar-refractivity contribution >= 4 is 11.0 Å². The normalized spacial score (nSPS) is 30.2. The predicted octanol–water partition coefficient (Wildman–Crippen LogP) is 0.159. The molecule has 0 unspecified atom stereocenters. The molecule has 1 aliphatic heterocycles. The quantitative estimate of drug-likeness (QED) is 0.544. The molecule has 152 valence electrons. The van der Waals surface area contributed by atoms with Crippen molar-refractivity contribution in [1.29, 1.82) is 0 Å². The van der Waals surface area contributed by atoms with Gasteiger partial charge in [0.15, 0.2) is 0 Å². The molecule has 2 aromatic rings. The lowest BCUT2D eigenvalue weighted by Crippen LogP contribution is -2.60. The van der Waals surface area contributed by atoms with E-state index < -0.39 is 37.3 Å². The second-order valence-corrected chi connectivity index (χ2v) is 7.43. The molecule has 0 bridgehead atoms. The number of aliphatic hydroxyl groups is 4. The molecule has 1 saturated heterocycles. The average Bonchev–Trinajstić information content (AvgIpc) is 2.71. The number of fused-ring (bicyclic) bond motifs is 3. The summed E-state index contributed by atoms with van der Waals surface area (Å²) in [7, 11) is 0. The van der Waals surface area contributed by atoms with Gasteiger partial charge in [-0.3, -0.25) is 0 Å². The van der Waals surface area contributed by atoms with E-state index in [1.54, 1.807) is 13.0 Å². The van der Waals surface area contributed by atoms with E-state index in [1.165, 1.54) is 0 Å². The molecule has 1 fully saturated rings. The lowest BCUT2D eigenvalue weighted by atomic mass is 9.90. The van der Waals surface area contributed by atoms with Crippen molar-refractivity contribution in [3.63, 3.8) is 0 Å². The van der Waals surface area contributed by atoms with E-state index >= 15 is 0 Å². The van der Waals surface area contributed by atoms with E-state index in [9.17, 15) is 25.2 Å². The molecule has 0 amide bonds. The summed E-state index contributed by atoms with van der Waals surface area (Å²) in [6.45, 7) is 1.20. The fourth-order valence-electron chi connectivity index (χ4n) is 4.04. The Morgan fingerprint density at radius 1 is 1.07 bits per heavy atom. The minimum atomic E-state index is -1.53. The van der Waals surface area contributed by atoms with Crippen LogP contribution >= 0.6 is 0 Å². The standard InChI is InChI=1S/C20H24O8/c1-9-13(26-20-17(24)16(23)15(22)14(8-21)27-20)7-6-11-10-4-2-3-5-12(10)19(25)28-18(9)11/h6-7,14-17,20-24H,2-5,8H2,1H3/t14-,15+,16+,17-,20-/m1/s1. The molecule has 4 N–H and O–H groups in total. The van der Waals surface area contributed by atoms with Crippen LogP contribution in [-0.4, -0.2) is 57.7 Å². The summed E-state index contributed by atoms with van der Waals surface area (Å²) in [5.41, 5.74) is 2.41. The zero-order valence-electron chi connectivity index (χ0n) is 15.5. The van der Waals surface area contributed by atoms with Crippen LogP contribution in [0.3, 0.4) is 0 Å². The SMILES string of the molecule is Cc1c(O[C@@H]2O[C@H](CO)[C@H](O)[C@H](O)[C@H]2O)ccc2c3c(c(=O)oc12)CCCC3. The van der Waals surface area contributed by atoms with Gasteiger partial charge in [-0.05, 0) is 50.3 Å². The molecule has 8 nitrogen and oxygen atoms in total. The maximum Gasteiger partial charge on any atom is 0.339 e. The molecule has 2 aliphatic rings. The van der Waals surface area contributed by atoms with Crippen LogP contribution < -0.4 is 10.4 Å². The first-order valence-electron chi connectivity index (χ1n) is 9.47. The maximum atomic E-state index is 12.4. The van der Waals surface area contributed by atoms with E-state index in [0.717, 1.165) is 42.2 Å². The van der Waals surface area contributed by atoms with Gasteiger partial charge in [-0.2, -0.15) is 0 Å². The second-order valence-electron chi connectivity index (χ2n) is 7.43. The van der Waals surface area contributed by atoms with Crippen molar-refractivity contribution in [3.8, 4) is 5.75 Å². The number of ether oxygens (including phenoxy) is 2. The van der Waals surface area contributed by atoms with Gasteiger partial charge in [0.25, 0.3) is 0 Å². The highest BCUT2D eigenvalue weighted by atomic mass is 16.7. The smallest absolute Gasteiger partial charge is 0.339 e. The molecule has 5 atom stereocenters. The van der Waals surface area contributed by atoms with Crippen molar-refractivity contribution in [2.24, 2.45) is 0 Å². The highest BCUT2D eigenvalue weighted by molar-refractivity contribution is 5.86. The van der Waals surface area contributed by atoms with Gasteiger partial charge in [0, 0.05) is 16.5 Å². The first-order chi connectivity index (χ1) is 13.4. The van der Waals surface area contributed by atoms with Gasteiger partial charge < -0.3 is 34.3 Å². The Morgan fingerprint density at radius 2 is 1.79 bits per heavy atom. The number of rotatable bonds is 3. The van der Waals surface area contributed by atoms with Crippen LogP contribution in [0.2, 0.25) is 0 Å². The fourth-order valence-corrected chi connectivity index (χ4v) is 4.04. The predicted molar refractivity (Wildman–Crippen MR) is 98.3 cm³/mol. The summed E-state index contributed by atoms with van der Waals surface area (Å²) in [5.74, 6) is 0.315. The Balaban J connectivity index is 1.70. The van der Waals surface area contributed by atoms with E-state index in [4.69, 9.17) is 13.9 Å². The van der Waals surface area contributed by atoms with Crippen LogP contribution in [-0.2, 0) is 17.6 Å². The third-order valence-electron chi connectivity index (χ3n) is 5.68. The van der Waals surface area contributed by atoms with Crippen LogP contribution in [0, 0.1) is 6.92 Å². The number of aryl methyl sites for hydroxylation is 2. The molecule has 1 aliphatic carbocycles. The molecule has 28 heavy (non-hydrogen) atoms. The highest BCUT2D eigenvalue weighted by Crippen LogP contribution is 2.34. The monoisotopic (exact) mass is 392 g/mol. The number of hydrogen-bond acceptors (Lipinski definition) is 8. The van der Waals surface area contributed by atoms with Crippen LogP contribution in [0.4, 0.5) is 0 Å². The first-order valence-corrected chi connectivity index (χ1v) is 9.47. The number of hydrogen-bond donors (Lipinski definition) is 4. The molecule has 1 aromatic heterocycles. The molecule has 0 saturated carbocycles. The Morgan fingerprint density at radius 3 is 2.50 bits per heavy atom. The van der Waals surface area contributed by atoms with Gasteiger partial charge in [0.05, 0.1) is 6.61 Å². The summed E-state index contributed by atoms with van der Waals surface area (Å²) in [4.78, 5) is 12.4. The molecule has 8 heteroatoms. The molecule has 4 rings (SSSR count). The van der Waals surface area contributed by atoms with Gasteiger partial charge >= 0.3 is 5.63 Å². The fraction of sp³-hybridized carbons (Fsp3) is 0.550. The van der Waals surface area contributed by atoms with Gasteiger partial charge in [0.2, 0.25) is 6.29 Å². The van der Waals surface area contributed by atoms with E-state index in [2.05, 4.69) is 0 Å². The zero-order chi connectivity index (χ0) is 20.0. The van der Waals surface area contributed by atoms with Gasteiger partial charge in [-0.15, -0.1) is 0 Å². The summed E-state index contributed by atoms with van der Waals surface area (Å²) < 4.78 is 16.7.